The molecule has 0 atom stereocenters. The third-order valence-corrected chi connectivity index (χ3v) is 11.2. The Kier molecular flexibility index (Phi) is 7.53. The molecule has 10 aromatic carbocycles. The number of benzene rings is 10. The average molecular weight is 711 g/mol. The summed E-state index contributed by atoms with van der Waals surface area (Å²) in [6, 6.07) is 74.2. The lowest BCUT2D eigenvalue weighted by atomic mass is 9.88. The molecule has 1 aromatic heterocycles. The molecule has 11 aromatic rings. The summed E-state index contributed by atoms with van der Waals surface area (Å²) in [6.45, 7) is 0. The minimum Gasteiger partial charge on any atom is -0.228 e. The van der Waals surface area contributed by atoms with E-state index in [2.05, 4.69) is 188 Å². The SMILES string of the molecule is c1ccc(-c2nc(-c3cccc(-c4cccc(-c5c6ccccc6cc6c5ccc5ccccc56)c4)c3)cc(-c3ccc4c(ccc5ccccc54)c3)n2)cc1. The first kappa shape index (κ1) is 32.0. The maximum Gasteiger partial charge on any atom is 0.160 e. The molecule has 56 heavy (non-hydrogen) atoms. The smallest absolute Gasteiger partial charge is 0.160 e. The number of nitrogens with zero attached hydrogens (tertiary/aromatic N) is 2. The van der Waals surface area contributed by atoms with Gasteiger partial charge in [0.25, 0.3) is 0 Å². The van der Waals surface area contributed by atoms with Gasteiger partial charge in [0, 0.05) is 16.7 Å². The Hall–Kier alpha value is -7.42. The van der Waals surface area contributed by atoms with Crippen molar-refractivity contribution in [3.63, 3.8) is 0 Å². The summed E-state index contributed by atoms with van der Waals surface area (Å²) in [7, 11) is 0. The zero-order valence-corrected chi connectivity index (χ0v) is 30.5. The van der Waals surface area contributed by atoms with Crippen LogP contribution in [0.15, 0.2) is 206 Å². The zero-order chi connectivity index (χ0) is 37.0. The molecule has 0 aliphatic rings. The fraction of sp³-hybridized carbons (Fsp3) is 0. The predicted molar refractivity (Wildman–Crippen MR) is 237 cm³/mol. The third-order valence-electron chi connectivity index (χ3n) is 11.2. The summed E-state index contributed by atoms with van der Waals surface area (Å²) in [6.07, 6.45) is 0. The lowest BCUT2D eigenvalue weighted by Gasteiger charge is -2.15. The van der Waals surface area contributed by atoms with E-state index in [1.807, 2.05) is 18.2 Å². The number of hydrogen-bond donors (Lipinski definition) is 0. The first-order valence-electron chi connectivity index (χ1n) is 19.1. The van der Waals surface area contributed by atoms with Gasteiger partial charge in [-0.1, -0.05) is 176 Å². The van der Waals surface area contributed by atoms with Crippen molar-refractivity contribution in [1.29, 1.82) is 0 Å². The topological polar surface area (TPSA) is 25.8 Å². The van der Waals surface area contributed by atoms with Crippen LogP contribution in [0.1, 0.15) is 0 Å². The van der Waals surface area contributed by atoms with E-state index in [9.17, 15) is 0 Å². The van der Waals surface area contributed by atoms with Gasteiger partial charge in [-0.25, -0.2) is 9.97 Å². The van der Waals surface area contributed by atoms with E-state index < -0.39 is 0 Å². The molecule has 2 heteroatoms. The lowest BCUT2D eigenvalue weighted by molar-refractivity contribution is 1.18. The van der Waals surface area contributed by atoms with E-state index in [-0.39, 0.29) is 0 Å². The van der Waals surface area contributed by atoms with Gasteiger partial charge >= 0.3 is 0 Å². The predicted octanol–water partition coefficient (Wildman–Crippen LogP) is 14.6. The summed E-state index contributed by atoms with van der Waals surface area (Å²) in [4.78, 5) is 10.3. The van der Waals surface area contributed by atoms with Crippen molar-refractivity contribution in [2.24, 2.45) is 0 Å². The highest BCUT2D eigenvalue weighted by Gasteiger charge is 2.15. The van der Waals surface area contributed by atoms with Gasteiger partial charge in [-0.3, -0.25) is 0 Å². The average Bonchev–Trinajstić information content (AvgIpc) is 3.28. The zero-order valence-electron chi connectivity index (χ0n) is 30.5. The Morgan fingerprint density at radius 3 is 1.46 bits per heavy atom. The summed E-state index contributed by atoms with van der Waals surface area (Å²) in [5.41, 5.74) is 9.63. The number of rotatable bonds is 5. The summed E-state index contributed by atoms with van der Waals surface area (Å²) < 4.78 is 0. The molecule has 0 fully saturated rings. The van der Waals surface area contributed by atoms with E-state index in [1.165, 1.54) is 65.0 Å². The van der Waals surface area contributed by atoms with Crippen LogP contribution < -0.4 is 0 Å². The van der Waals surface area contributed by atoms with E-state index in [1.54, 1.807) is 0 Å². The Bertz CT molecular complexity index is 3310. The molecule has 0 saturated heterocycles. The molecule has 0 aliphatic carbocycles. The van der Waals surface area contributed by atoms with E-state index in [0.717, 1.165) is 39.2 Å². The van der Waals surface area contributed by atoms with Crippen LogP contribution in [-0.4, -0.2) is 9.97 Å². The maximum atomic E-state index is 5.18. The largest absolute Gasteiger partial charge is 0.228 e. The van der Waals surface area contributed by atoms with Gasteiger partial charge in [0.1, 0.15) is 0 Å². The van der Waals surface area contributed by atoms with Crippen LogP contribution in [0.3, 0.4) is 0 Å². The Morgan fingerprint density at radius 1 is 0.232 bits per heavy atom. The molecule has 260 valence electrons. The van der Waals surface area contributed by atoms with Crippen molar-refractivity contribution >= 4 is 53.9 Å². The molecule has 1 heterocycles. The summed E-state index contributed by atoms with van der Waals surface area (Å²) in [5, 5.41) is 12.5. The maximum absolute atomic E-state index is 5.18. The molecular formula is C54H34N2. The van der Waals surface area contributed by atoms with E-state index >= 15 is 0 Å². The second-order valence-corrected chi connectivity index (χ2v) is 14.6. The van der Waals surface area contributed by atoms with Crippen LogP contribution in [-0.2, 0) is 0 Å². The molecule has 11 rings (SSSR count). The van der Waals surface area contributed by atoms with Gasteiger partial charge in [-0.05, 0) is 106 Å². The minimum atomic E-state index is 0.708. The standard InChI is InChI=1S/C54H34N2/c1-2-14-37(15-3-1)54-55-51(34-52(56-54)43-27-28-47-41(32-43)25-24-35-12-4-7-21-45(35)47)42-19-10-17-38(30-42)39-18-11-20-44(31-39)53-48-23-9-6-16-40(48)33-50-46-22-8-5-13-36(46)26-29-49(50)53/h1-34H. The monoisotopic (exact) mass is 710 g/mol. The lowest BCUT2D eigenvalue weighted by Crippen LogP contribution is -1.96. The molecule has 0 saturated carbocycles. The quantitative estimate of drug-likeness (QED) is 0.131. The second kappa shape index (κ2) is 13.2. The number of aromatic nitrogens is 2. The minimum absolute atomic E-state index is 0.708. The summed E-state index contributed by atoms with van der Waals surface area (Å²) in [5.74, 6) is 0.708. The molecule has 0 spiro atoms. The van der Waals surface area contributed by atoms with Crippen molar-refractivity contribution in [3.05, 3.63) is 206 Å². The van der Waals surface area contributed by atoms with Gasteiger partial charge in [0.2, 0.25) is 0 Å². The van der Waals surface area contributed by atoms with Gasteiger partial charge < -0.3 is 0 Å². The second-order valence-electron chi connectivity index (χ2n) is 14.6. The molecule has 0 unspecified atom stereocenters. The van der Waals surface area contributed by atoms with Crippen LogP contribution in [0.2, 0.25) is 0 Å². The van der Waals surface area contributed by atoms with Crippen LogP contribution in [0.4, 0.5) is 0 Å². The number of hydrogen-bond acceptors (Lipinski definition) is 2. The summed E-state index contributed by atoms with van der Waals surface area (Å²) >= 11 is 0. The first-order chi connectivity index (χ1) is 27.7. The highest BCUT2D eigenvalue weighted by atomic mass is 14.9. The highest BCUT2D eigenvalue weighted by molar-refractivity contribution is 6.20. The molecule has 0 bridgehead atoms. The van der Waals surface area contributed by atoms with E-state index in [0.29, 0.717) is 5.82 Å². The normalized spacial score (nSPS) is 11.6. The van der Waals surface area contributed by atoms with E-state index in [4.69, 9.17) is 9.97 Å². The van der Waals surface area contributed by atoms with Crippen LogP contribution >= 0.6 is 0 Å². The van der Waals surface area contributed by atoms with Gasteiger partial charge in [-0.2, -0.15) is 0 Å². The van der Waals surface area contributed by atoms with Crippen LogP contribution in [0, 0.1) is 0 Å². The molecular weight excluding hydrogens is 677 g/mol. The van der Waals surface area contributed by atoms with Crippen molar-refractivity contribution in [3.8, 4) is 56.2 Å². The Balaban J connectivity index is 1.04. The molecule has 0 N–H and O–H groups in total. The Morgan fingerprint density at radius 2 is 0.714 bits per heavy atom. The van der Waals surface area contributed by atoms with Crippen molar-refractivity contribution < 1.29 is 0 Å². The van der Waals surface area contributed by atoms with Crippen LogP contribution in [0.5, 0.6) is 0 Å². The number of fused-ring (bicyclic) bond motifs is 7. The molecule has 0 aliphatic heterocycles. The Labute approximate surface area is 325 Å². The van der Waals surface area contributed by atoms with Crippen molar-refractivity contribution in [2.45, 2.75) is 0 Å². The third kappa shape index (κ3) is 5.51. The first-order valence-corrected chi connectivity index (χ1v) is 19.1. The van der Waals surface area contributed by atoms with Crippen molar-refractivity contribution in [1.82, 2.24) is 9.97 Å². The van der Waals surface area contributed by atoms with Gasteiger partial charge in [-0.15, -0.1) is 0 Å². The molecule has 0 radical (unpaired) electrons. The van der Waals surface area contributed by atoms with Crippen LogP contribution in [0.25, 0.3) is 110 Å². The van der Waals surface area contributed by atoms with Gasteiger partial charge in [0.05, 0.1) is 11.4 Å². The molecule has 0 amide bonds. The fourth-order valence-corrected chi connectivity index (χ4v) is 8.48. The fourth-order valence-electron chi connectivity index (χ4n) is 8.48. The van der Waals surface area contributed by atoms with Crippen molar-refractivity contribution in [2.75, 3.05) is 0 Å². The molecule has 2 nitrogen and oxygen atoms in total. The highest BCUT2D eigenvalue weighted by Crippen LogP contribution is 2.41. The van der Waals surface area contributed by atoms with Gasteiger partial charge in [0.15, 0.2) is 5.82 Å².